The minimum atomic E-state index is -3.30. The van der Waals surface area contributed by atoms with Crippen LogP contribution < -0.4 is 0 Å². The van der Waals surface area contributed by atoms with Gasteiger partial charge >= 0.3 is 0 Å². The average molecular weight is 230 g/mol. The molecule has 0 saturated carbocycles. The molecule has 0 radical (unpaired) electrons. The third kappa shape index (κ3) is 2.89. The van der Waals surface area contributed by atoms with Gasteiger partial charge in [-0.05, 0) is 6.92 Å². The van der Waals surface area contributed by atoms with Crippen LogP contribution in [0.3, 0.4) is 0 Å². The molecule has 1 rings (SSSR count). The fourth-order valence-corrected chi connectivity index (χ4v) is 1.67. The first kappa shape index (κ1) is 11.9. The van der Waals surface area contributed by atoms with Gasteiger partial charge in [-0.2, -0.15) is 0 Å². The van der Waals surface area contributed by atoms with Crippen molar-refractivity contribution in [2.75, 3.05) is 6.26 Å². The number of aromatic nitrogens is 2. The highest BCUT2D eigenvalue weighted by Gasteiger charge is 2.24. The third-order valence-corrected chi connectivity index (χ3v) is 3.90. The summed E-state index contributed by atoms with van der Waals surface area (Å²) in [5.41, 5.74) is 0. The molecular weight excluding hydrogens is 216 g/mol. The molecule has 1 aromatic heterocycles. The lowest BCUT2D eigenvalue weighted by atomic mass is 10.2. The number of sulfone groups is 1. The zero-order chi connectivity index (χ0) is 11.6. The van der Waals surface area contributed by atoms with Crippen LogP contribution in [0, 0.1) is 0 Å². The van der Waals surface area contributed by atoms with Gasteiger partial charge in [0.15, 0.2) is 15.6 Å². The van der Waals surface area contributed by atoms with Gasteiger partial charge in [0.05, 0.1) is 6.42 Å². The number of ketones is 1. The Morgan fingerprint density at radius 3 is 2.60 bits per heavy atom. The van der Waals surface area contributed by atoms with E-state index in [-0.39, 0.29) is 12.2 Å². The number of carbonyl (C=O) groups is 1. The van der Waals surface area contributed by atoms with Gasteiger partial charge in [-0.3, -0.25) is 4.79 Å². The van der Waals surface area contributed by atoms with Crippen LogP contribution in [0.25, 0.3) is 0 Å². The lowest BCUT2D eigenvalue weighted by Crippen LogP contribution is -2.28. The normalized spacial score (nSPS) is 13.8. The third-order valence-electron chi connectivity index (χ3n) is 2.35. The van der Waals surface area contributed by atoms with E-state index in [9.17, 15) is 13.2 Å². The molecule has 1 heterocycles. The molecule has 0 bridgehead atoms. The van der Waals surface area contributed by atoms with Gasteiger partial charge in [0, 0.05) is 25.7 Å². The predicted octanol–water partition coefficient (Wildman–Crippen LogP) is -0.0352. The van der Waals surface area contributed by atoms with E-state index in [1.165, 1.54) is 6.92 Å². The fourth-order valence-electron chi connectivity index (χ4n) is 1.11. The van der Waals surface area contributed by atoms with E-state index in [0.717, 1.165) is 6.26 Å². The maximum absolute atomic E-state index is 11.6. The first-order valence-corrected chi connectivity index (χ1v) is 6.45. The first-order chi connectivity index (χ1) is 6.82. The quantitative estimate of drug-likeness (QED) is 0.728. The Hall–Kier alpha value is -1.17. The molecule has 0 fully saturated rings. The molecule has 1 unspecified atom stereocenters. The first-order valence-electron chi connectivity index (χ1n) is 4.50. The second kappa shape index (κ2) is 4.14. The Balaban J connectivity index is 2.77. The summed E-state index contributed by atoms with van der Waals surface area (Å²) in [6, 6.07) is 0. The van der Waals surface area contributed by atoms with Gasteiger partial charge in [0.2, 0.25) is 0 Å². The molecule has 0 aromatic carbocycles. The molecule has 15 heavy (non-hydrogen) atoms. The summed E-state index contributed by atoms with van der Waals surface area (Å²) < 4.78 is 24.0. The molecule has 6 heteroatoms. The number of hydrogen-bond donors (Lipinski definition) is 0. The SMILES string of the molecule is CC(C(=O)Cc1nccn1C)S(C)(=O)=O. The summed E-state index contributed by atoms with van der Waals surface area (Å²) >= 11 is 0. The number of aryl methyl sites for hydroxylation is 1. The molecule has 0 aliphatic heterocycles. The molecule has 0 amide bonds. The van der Waals surface area contributed by atoms with E-state index in [0.29, 0.717) is 5.82 Å². The minimum absolute atomic E-state index is 0.0533. The average Bonchev–Trinajstić information content (AvgIpc) is 2.49. The van der Waals surface area contributed by atoms with E-state index in [1.54, 1.807) is 24.0 Å². The Labute approximate surface area is 89.0 Å². The van der Waals surface area contributed by atoms with Gasteiger partial charge in [-0.1, -0.05) is 0 Å². The zero-order valence-corrected chi connectivity index (χ0v) is 9.78. The van der Waals surface area contributed by atoms with Crippen LogP contribution in [0.15, 0.2) is 12.4 Å². The van der Waals surface area contributed by atoms with Crippen molar-refractivity contribution in [2.45, 2.75) is 18.6 Å². The summed E-state index contributed by atoms with van der Waals surface area (Å²) in [7, 11) is -1.54. The van der Waals surface area contributed by atoms with Crippen molar-refractivity contribution in [3.8, 4) is 0 Å². The van der Waals surface area contributed by atoms with Crippen molar-refractivity contribution in [3.63, 3.8) is 0 Å². The van der Waals surface area contributed by atoms with Crippen LogP contribution in [0.2, 0.25) is 0 Å². The molecule has 1 atom stereocenters. The van der Waals surface area contributed by atoms with Gasteiger partial charge in [0.25, 0.3) is 0 Å². The van der Waals surface area contributed by atoms with Crippen LogP contribution in [-0.2, 0) is 28.1 Å². The van der Waals surface area contributed by atoms with Crippen LogP contribution in [0.5, 0.6) is 0 Å². The Bertz CT molecular complexity index is 461. The summed E-state index contributed by atoms with van der Waals surface area (Å²) in [4.78, 5) is 15.5. The molecule has 0 saturated heterocycles. The molecular formula is C9H14N2O3S. The summed E-state index contributed by atoms with van der Waals surface area (Å²) in [5, 5.41) is -0.964. The van der Waals surface area contributed by atoms with Crippen molar-refractivity contribution >= 4 is 15.6 Å². The van der Waals surface area contributed by atoms with Crippen LogP contribution in [-0.4, -0.2) is 35.3 Å². The minimum Gasteiger partial charge on any atom is -0.338 e. The van der Waals surface area contributed by atoms with Gasteiger partial charge in [-0.15, -0.1) is 0 Å². The van der Waals surface area contributed by atoms with E-state index in [1.807, 2.05) is 0 Å². The van der Waals surface area contributed by atoms with Crippen molar-refractivity contribution in [1.29, 1.82) is 0 Å². The second-order valence-electron chi connectivity index (χ2n) is 3.57. The lowest BCUT2D eigenvalue weighted by Gasteiger charge is -2.07. The maximum atomic E-state index is 11.6. The number of Topliss-reactive ketones (excluding diaryl/α,β-unsaturated/α-hetero) is 1. The predicted molar refractivity (Wildman–Crippen MR) is 56.2 cm³/mol. The highest BCUT2D eigenvalue weighted by atomic mass is 32.2. The smallest absolute Gasteiger partial charge is 0.158 e. The maximum Gasteiger partial charge on any atom is 0.158 e. The van der Waals surface area contributed by atoms with Crippen molar-refractivity contribution < 1.29 is 13.2 Å². The van der Waals surface area contributed by atoms with Crippen molar-refractivity contribution in [2.24, 2.45) is 7.05 Å². The number of nitrogens with zero attached hydrogens (tertiary/aromatic N) is 2. The van der Waals surface area contributed by atoms with Crippen molar-refractivity contribution in [1.82, 2.24) is 9.55 Å². The number of imidazole rings is 1. The molecule has 0 N–H and O–H groups in total. The zero-order valence-electron chi connectivity index (χ0n) is 8.97. The monoisotopic (exact) mass is 230 g/mol. The van der Waals surface area contributed by atoms with Crippen molar-refractivity contribution in [3.05, 3.63) is 18.2 Å². The van der Waals surface area contributed by atoms with E-state index >= 15 is 0 Å². The molecule has 5 nitrogen and oxygen atoms in total. The largest absolute Gasteiger partial charge is 0.338 e. The number of rotatable bonds is 4. The Morgan fingerprint density at radius 1 is 1.60 bits per heavy atom. The standard InChI is InChI=1S/C9H14N2O3S/c1-7(15(3,13)14)8(12)6-9-10-4-5-11(9)2/h4-5,7H,6H2,1-3H3. The van der Waals surface area contributed by atoms with E-state index in [4.69, 9.17) is 0 Å². The van der Waals surface area contributed by atoms with E-state index in [2.05, 4.69) is 4.98 Å². The Morgan fingerprint density at radius 2 is 2.20 bits per heavy atom. The van der Waals surface area contributed by atoms with Crippen LogP contribution >= 0.6 is 0 Å². The molecule has 0 aliphatic rings. The highest BCUT2D eigenvalue weighted by Crippen LogP contribution is 2.05. The second-order valence-corrected chi connectivity index (χ2v) is 5.94. The Kier molecular flexibility index (Phi) is 3.28. The molecule has 1 aromatic rings. The summed E-state index contributed by atoms with van der Waals surface area (Å²) in [5.74, 6) is 0.252. The summed E-state index contributed by atoms with van der Waals surface area (Å²) in [6.45, 7) is 1.40. The number of carbonyl (C=O) groups excluding carboxylic acids is 1. The molecule has 84 valence electrons. The number of hydrogen-bond acceptors (Lipinski definition) is 4. The van der Waals surface area contributed by atoms with Crippen LogP contribution in [0.1, 0.15) is 12.7 Å². The highest BCUT2D eigenvalue weighted by molar-refractivity contribution is 7.92. The fraction of sp³-hybridized carbons (Fsp3) is 0.556. The topological polar surface area (TPSA) is 69.0 Å². The molecule has 0 aliphatic carbocycles. The van der Waals surface area contributed by atoms with Gasteiger partial charge < -0.3 is 4.57 Å². The van der Waals surface area contributed by atoms with Crippen LogP contribution in [0.4, 0.5) is 0 Å². The molecule has 0 spiro atoms. The summed E-state index contributed by atoms with van der Waals surface area (Å²) in [6.07, 6.45) is 4.41. The van der Waals surface area contributed by atoms with Gasteiger partial charge in [-0.25, -0.2) is 13.4 Å². The van der Waals surface area contributed by atoms with Gasteiger partial charge in [0.1, 0.15) is 11.1 Å². The lowest BCUT2D eigenvalue weighted by molar-refractivity contribution is -0.117. The van der Waals surface area contributed by atoms with E-state index < -0.39 is 15.1 Å².